The molecule has 1 aromatic carbocycles. The van der Waals surface area contributed by atoms with Crippen molar-refractivity contribution in [1.82, 2.24) is 20.6 Å². The van der Waals surface area contributed by atoms with E-state index >= 15 is 0 Å². The molecule has 3 N–H and O–H groups in total. The summed E-state index contributed by atoms with van der Waals surface area (Å²) in [5.74, 6) is -3.03. The van der Waals surface area contributed by atoms with Gasteiger partial charge in [0.25, 0.3) is 11.8 Å². The molecule has 5 rings (SSSR count). The second-order valence-corrected chi connectivity index (χ2v) is 10.1. The number of nitrogens with zero attached hydrogens (tertiary/aromatic N) is 2. The van der Waals surface area contributed by atoms with Gasteiger partial charge in [-0.05, 0) is 57.4 Å². The van der Waals surface area contributed by atoms with E-state index in [4.69, 9.17) is 11.6 Å². The molecule has 1 aliphatic heterocycles. The first-order chi connectivity index (χ1) is 16.8. The second-order valence-electron chi connectivity index (χ2n) is 9.68. The fourth-order valence-electron chi connectivity index (χ4n) is 5.18. The van der Waals surface area contributed by atoms with Crippen molar-refractivity contribution in [3.05, 3.63) is 46.5 Å². The molecule has 8 nitrogen and oxygen atoms in total. The van der Waals surface area contributed by atoms with Crippen molar-refractivity contribution in [3.63, 3.8) is 0 Å². The summed E-state index contributed by atoms with van der Waals surface area (Å²) in [7, 11) is 0. The molecule has 2 aromatic rings. The van der Waals surface area contributed by atoms with E-state index in [1.165, 1.54) is 11.2 Å². The quantitative estimate of drug-likeness (QED) is 0.538. The van der Waals surface area contributed by atoms with Gasteiger partial charge in [0.2, 0.25) is 5.91 Å². The maximum atomic E-state index is 13.9. The number of rotatable bonds is 5. The highest BCUT2D eigenvalue weighted by molar-refractivity contribution is 6.33. The molecule has 2 heterocycles. The maximum absolute atomic E-state index is 13.9. The predicted octanol–water partition coefficient (Wildman–Crippen LogP) is 3.72. The molecular formula is C24H26ClF2N5O3. The van der Waals surface area contributed by atoms with Crippen LogP contribution in [-0.4, -0.2) is 46.3 Å². The number of carbonyl (C=O) groups excluding carboxylic acids is 3. The van der Waals surface area contributed by atoms with E-state index in [1.807, 2.05) is 0 Å². The molecule has 1 spiro atoms. The van der Waals surface area contributed by atoms with Gasteiger partial charge in [-0.3, -0.25) is 14.4 Å². The minimum absolute atomic E-state index is 0.00340. The highest BCUT2D eigenvalue weighted by Crippen LogP contribution is 2.46. The Labute approximate surface area is 205 Å². The molecule has 0 radical (unpaired) electrons. The molecule has 0 bridgehead atoms. The fraction of sp³-hybridized carbons (Fsp3) is 0.500. The largest absolute Gasteiger partial charge is 0.348 e. The molecule has 35 heavy (non-hydrogen) atoms. The minimum Gasteiger partial charge on any atom is -0.348 e. The summed E-state index contributed by atoms with van der Waals surface area (Å²) in [6.45, 7) is 0.386. The highest BCUT2D eigenvalue weighted by atomic mass is 35.5. The van der Waals surface area contributed by atoms with E-state index in [-0.39, 0.29) is 46.0 Å². The number of imidazole rings is 1. The molecule has 3 fully saturated rings. The first-order valence-electron chi connectivity index (χ1n) is 11.9. The lowest BCUT2D eigenvalue weighted by Crippen LogP contribution is -2.52. The highest BCUT2D eigenvalue weighted by Gasteiger charge is 2.47. The monoisotopic (exact) mass is 505 g/mol. The third kappa shape index (κ3) is 4.63. The van der Waals surface area contributed by atoms with Crippen LogP contribution < -0.4 is 15.5 Å². The average Bonchev–Trinajstić information content (AvgIpc) is 3.50. The van der Waals surface area contributed by atoms with Crippen molar-refractivity contribution in [2.45, 2.75) is 63.5 Å². The van der Waals surface area contributed by atoms with Crippen molar-refractivity contribution >= 4 is 35.0 Å². The molecule has 0 unspecified atom stereocenters. The Hall–Kier alpha value is -3.01. The Morgan fingerprint density at radius 2 is 1.69 bits per heavy atom. The van der Waals surface area contributed by atoms with Gasteiger partial charge >= 0.3 is 0 Å². The Bertz CT molecular complexity index is 1170. The third-order valence-electron chi connectivity index (χ3n) is 7.29. The number of benzene rings is 1. The number of piperidine rings is 1. The van der Waals surface area contributed by atoms with Crippen LogP contribution in [0.2, 0.25) is 5.02 Å². The predicted molar refractivity (Wildman–Crippen MR) is 124 cm³/mol. The lowest BCUT2D eigenvalue weighted by molar-refractivity contribution is -0.132. The SMILES string of the molecule is O=C(NC1CC1)c1nc[nH]c1C(=O)N[C@H]1CC[C@@]2(CCCN(c3cc(F)c(F)cc3Cl)C2=O)CC1. The normalized spacial score (nSPS) is 24.5. The van der Waals surface area contributed by atoms with Crippen LogP contribution >= 0.6 is 11.6 Å². The second kappa shape index (κ2) is 9.22. The summed E-state index contributed by atoms with van der Waals surface area (Å²) in [5.41, 5.74) is -0.252. The number of H-pyrrole nitrogens is 1. The number of anilines is 1. The van der Waals surface area contributed by atoms with Gasteiger partial charge in [0, 0.05) is 30.1 Å². The molecule has 1 aromatic heterocycles. The summed E-state index contributed by atoms with van der Waals surface area (Å²) in [4.78, 5) is 46.9. The molecule has 3 amide bonds. The van der Waals surface area contributed by atoms with Crippen molar-refractivity contribution in [3.8, 4) is 0 Å². The van der Waals surface area contributed by atoms with Crippen molar-refractivity contribution in [2.24, 2.45) is 5.41 Å². The zero-order chi connectivity index (χ0) is 24.7. The number of amides is 3. The number of aromatic nitrogens is 2. The van der Waals surface area contributed by atoms with Gasteiger partial charge in [0.1, 0.15) is 5.69 Å². The van der Waals surface area contributed by atoms with Crippen LogP contribution in [0.25, 0.3) is 0 Å². The van der Waals surface area contributed by atoms with E-state index in [9.17, 15) is 23.2 Å². The minimum atomic E-state index is -1.06. The first kappa shape index (κ1) is 23.7. The van der Waals surface area contributed by atoms with Crippen LogP contribution in [-0.2, 0) is 4.79 Å². The van der Waals surface area contributed by atoms with Gasteiger partial charge in [-0.15, -0.1) is 0 Å². The molecule has 3 aliphatic rings. The summed E-state index contributed by atoms with van der Waals surface area (Å²) in [6.07, 6.45) is 6.84. The topological polar surface area (TPSA) is 107 Å². The number of carbonyl (C=O) groups is 3. The first-order valence-corrected chi connectivity index (χ1v) is 12.3. The van der Waals surface area contributed by atoms with Gasteiger partial charge in [-0.2, -0.15) is 0 Å². The van der Waals surface area contributed by atoms with E-state index < -0.39 is 23.0 Å². The molecule has 186 valence electrons. The Balaban J connectivity index is 1.23. The zero-order valence-electron chi connectivity index (χ0n) is 19.0. The van der Waals surface area contributed by atoms with Gasteiger partial charge in [-0.25, -0.2) is 13.8 Å². The molecule has 2 saturated carbocycles. The molecule has 2 aliphatic carbocycles. The molecular weight excluding hydrogens is 480 g/mol. The van der Waals surface area contributed by atoms with Crippen LogP contribution in [0.4, 0.5) is 14.5 Å². The smallest absolute Gasteiger partial charge is 0.272 e. The van der Waals surface area contributed by atoms with Crippen LogP contribution in [0.15, 0.2) is 18.5 Å². The molecule has 0 atom stereocenters. The molecule has 11 heteroatoms. The van der Waals surface area contributed by atoms with Crippen molar-refractivity contribution in [2.75, 3.05) is 11.4 Å². The number of halogens is 3. The lowest BCUT2D eigenvalue weighted by Gasteiger charge is -2.45. The van der Waals surface area contributed by atoms with Crippen LogP contribution in [0.5, 0.6) is 0 Å². The van der Waals surface area contributed by atoms with E-state index in [0.717, 1.165) is 25.0 Å². The number of nitrogens with one attached hydrogen (secondary N) is 3. The van der Waals surface area contributed by atoms with Gasteiger partial charge < -0.3 is 20.5 Å². The van der Waals surface area contributed by atoms with Crippen LogP contribution in [0.3, 0.4) is 0 Å². The van der Waals surface area contributed by atoms with Crippen LogP contribution in [0, 0.1) is 17.0 Å². The standard InChI is InChI=1S/C24H26ClF2N5O3/c25-15-10-16(26)17(27)11-18(15)32-9-1-6-24(23(32)35)7-4-14(5-8-24)31-22(34)20-19(28-12-29-20)21(33)30-13-2-3-13/h10-14H,1-9H2,(H,28,29)(H,30,33)(H,31,34)/t14-,24-. The number of hydrogen-bond acceptors (Lipinski definition) is 4. The Morgan fingerprint density at radius 3 is 2.40 bits per heavy atom. The van der Waals surface area contributed by atoms with E-state index in [0.29, 0.717) is 45.1 Å². The summed E-state index contributed by atoms with van der Waals surface area (Å²) >= 11 is 6.14. The van der Waals surface area contributed by atoms with Gasteiger partial charge in [-0.1, -0.05) is 11.6 Å². The van der Waals surface area contributed by atoms with Crippen LogP contribution in [0.1, 0.15) is 72.3 Å². The van der Waals surface area contributed by atoms with Crippen molar-refractivity contribution < 1.29 is 23.2 Å². The number of hydrogen-bond donors (Lipinski definition) is 3. The van der Waals surface area contributed by atoms with Gasteiger partial charge in [0.15, 0.2) is 17.3 Å². The van der Waals surface area contributed by atoms with E-state index in [1.54, 1.807) is 0 Å². The third-order valence-corrected chi connectivity index (χ3v) is 7.59. The summed E-state index contributed by atoms with van der Waals surface area (Å²) in [5, 5.41) is 5.79. The number of aromatic amines is 1. The van der Waals surface area contributed by atoms with E-state index in [2.05, 4.69) is 20.6 Å². The Morgan fingerprint density at radius 1 is 1.03 bits per heavy atom. The zero-order valence-corrected chi connectivity index (χ0v) is 19.8. The lowest BCUT2D eigenvalue weighted by atomic mass is 9.67. The summed E-state index contributed by atoms with van der Waals surface area (Å²) in [6, 6.07) is 1.85. The summed E-state index contributed by atoms with van der Waals surface area (Å²) < 4.78 is 27.4. The average molecular weight is 506 g/mol. The van der Waals surface area contributed by atoms with Gasteiger partial charge in [0.05, 0.1) is 17.0 Å². The fourth-order valence-corrected chi connectivity index (χ4v) is 5.43. The Kier molecular flexibility index (Phi) is 6.25. The maximum Gasteiger partial charge on any atom is 0.272 e. The molecule has 1 saturated heterocycles. The van der Waals surface area contributed by atoms with Crippen molar-refractivity contribution in [1.29, 1.82) is 0 Å².